The van der Waals surface area contributed by atoms with Gasteiger partial charge in [-0.15, -0.1) is 0 Å². The second-order valence-corrected chi connectivity index (χ2v) is 9.23. The molecule has 9 heteroatoms. The number of rotatable bonds is 8. The predicted molar refractivity (Wildman–Crippen MR) is 120 cm³/mol. The number of alkyl halides is 3. The summed E-state index contributed by atoms with van der Waals surface area (Å²) in [5.41, 5.74) is 1.08. The van der Waals surface area contributed by atoms with Crippen molar-refractivity contribution in [2.24, 2.45) is 0 Å². The van der Waals surface area contributed by atoms with Crippen LogP contribution < -0.4 is 10.0 Å². The van der Waals surface area contributed by atoms with E-state index in [4.69, 9.17) is 0 Å². The Balaban J connectivity index is 1.54. The summed E-state index contributed by atoms with van der Waals surface area (Å²) in [6, 6.07) is 19.2. The number of carbonyl (C=O) groups is 1. The summed E-state index contributed by atoms with van der Waals surface area (Å²) in [4.78, 5) is 12.2. The number of aryl methyl sites for hydroxylation is 1. The summed E-state index contributed by atoms with van der Waals surface area (Å²) in [6.45, 7) is 1.76. The molecule has 33 heavy (non-hydrogen) atoms. The van der Waals surface area contributed by atoms with Gasteiger partial charge in [-0.25, -0.2) is 13.1 Å². The van der Waals surface area contributed by atoms with E-state index in [0.717, 1.165) is 23.3 Å². The maximum atomic E-state index is 12.6. The zero-order valence-electron chi connectivity index (χ0n) is 17.8. The number of sulfonamides is 1. The Morgan fingerprint density at radius 1 is 0.909 bits per heavy atom. The summed E-state index contributed by atoms with van der Waals surface area (Å²) in [5, 5.41) is 2.55. The van der Waals surface area contributed by atoms with Crippen LogP contribution in [0.2, 0.25) is 0 Å². The van der Waals surface area contributed by atoms with Crippen LogP contribution in [-0.4, -0.2) is 14.3 Å². The summed E-state index contributed by atoms with van der Waals surface area (Å²) in [5.74, 6) is -0.357. The highest BCUT2D eigenvalue weighted by Crippen LogP contribution is 2.29. The molecular formula is C24H23F3N2O3S. The molecule has 1 atom stereocenters. The standard InChI is InChI=1S/C24H23F3N2O3S/c1-17(19-5-3-2-4-6-19)29-33(31,32)22-14-7-18(8-15-22)9-16-23(30)28-21-12-10-20(11-13-21)24(25,26)27/h2-8,10-15,17,29H,9,16H2,1H3,(H,28,30)/t17-/m0/s1. The first-order chi connectivity index (χ1) is 15.5. The van der Waals surface area contributed by atoms with Crippen molar-refractivity contribution in [2.75, 3.05) is 5.32 Å². The normalized spacial score (nSPS) is 12.8. The largest absolute Gasteiger partial charge is 0.416 e. The lowest BCUT2D eigenvalue weighted by atomic mass is 10.1. The average Bonchev–Trinajstić information content (AvgIpc) is 2.78. The van der Waals surface area contributed by atoms with Gasteiger partial charge in [-0.2, -0.15) is 13.2 Å². The zero-order chi connectivity index (χ0) is 24.1. The number of benzene rings is 3. The summed E-state index contributed by atoms with van der Waals surface area (Å²) in [6.07, 6.45) is -3.99. The fourth-order valence-electron chi connectivity index (χ4n) is 3.17. The van der Waals surface area contributed by atoms with Gasteiger partial charge in [-0.05, 0) is 60.9 Å². The van der Waals surface area contributed by atoms with Gasteiger partial charge in [0.2, 0.25) is 15.9 Å². The van der Waals surface area contributed by atoms with Gasteiger partial charge >= 0.3 is 6.18 Å². The van der Waals surface area contributed by atoms with Crippen LogP contribution in [0.1, 0.15) is 36.1 Å². The molecule has 3 aromatic carbocycles. The van der Waals surface area contributed by atoms with Crippen LogP contribution in [0, 0.1) is 0 Å². The third-order valence-corrected chi connectivity index (χ3v) is 6.56. The lowest BCUT2D eigenvalue weighted by molar-refractivity contribution is -0.137. The van der Waals surface area contributed by atoms with E-state index in [9.17, 15) is 26.4 Å². The Kier molecular flexibility index (Phi) is 7.55. The Morgan fingerprint density at radius 2 is 1.52 bits per heavy atom. The summed E-state index contributed by atoms with van der Waals surface area (Å²) < 4.78 is 65.7. The maximum Gasteiger partial charge on any atom is 0.416 e. The first kappa shape index (κ1) is 24.5. The molecule has 0 saturated carbocycles. The van der Waals surface area contributed by atoms with Crippen LogP contribution in [-0.2, 0) is 27.4 Å². The van der Waals surface area contributed by atoms with Crippen molar-refractivity contribution in [2.45, 2.75) is 36.9 Å². The maximum absolute atomic E-state index is 12.6. The van der Waals surface area contributed by atoms with Crippen LogP contribution in [0.3, 0.4) is 0 Å². The average molecular weight is 477 g/mol. The van der Waals surface area contributed by atoms with Crippen LogP contribution >= 0.6 is 0 Å². The molecule has 0 aliphatic heterocycles. The van der Waals surface area contributed by atoms with E-state index in [1.54, 1.807) is 19.1 Å². The summed E-state index contributed by atoms with van der Waals surface area (Å²) >= 11 is 0. The Bertz CT molecular complexity index is 1180. The van der Waals surface area contributed by atoms with Crippen LogP contribution in [0.25, 0.3) is 0 Å². The smallest absolute Gasteiger partial charge is 0.326 e. The lowest BCUT2D eigenvalue weighted by Crippen LogP contribution is -2.26. The molecular weight excluding hydrogens is 453 g/mol. The zero-order valence-corrected chi connectivity index (χ0v) is 18.6. The highest BCUT2D eigenvalue weighted by molar-refractivity contribution is 7.89. The minimum Gasteiger partial charge on any atom is -0.326 e. The van der Waals surface area contributed by atoms with E-state index in [-0.39, 0.29) is 22.9 Å². The van der Waals surface area contributed by atoms with Gasteiger partial charge in [0.05, 0.1) is 10.5 Å². The van der Waals surface area contributed by atoms with Gasteiger partial charge in [-0.3, -0.25) is 4.79 Å². The predicted octanol–water partition coefficient (Wildman–Crippen LogP) is 5.32. The van der Waals surface area contributed by atoms with Crippen molar-refractivity contribution in [3.8, 4) is 0 Å². The number of carbonyl (C=O) groups excluding carboxylic acids is 1. The molecule has 0 spiro atoms. The van der Waals surface area contributed by atoms with Gasteiger partial charge in [0.25, 0.3) is 0 Å². The molecule has 0 fully saturated rings. The highest BCUT2D eigenvalue weighted by Gasteiger charge is 2.30. The monoisotopic (exact) mass is 476 g/mol. The minimum absolute atomic E-state index is 0.0937. The van der Waals surface area contributed by atoms with E-state index in [1.807, 2.05) is 30.3 Å². The molecule has 3 rings (SSSR count). The van der Waals surface area contributed by atoms with Crippen molar-refractivity contribution in [3.63, 3.8) is 0 Å². The molecule has 0 unspecified atom stereocenters. The van der Waals surface area contributed by atoms with Crippen molar-refractivity contribution >= 4 is 21.6 Å². The lowest BCUT2D eigenvalue weighted by Gasteiger charge is -2.15. The molecule has 0 bridgehead atoms. The van der Waals surface area contributed by atoms with Crippen LogP contribution in [0.15, 0.2) is 83.8 Å². The van der Waals surface area contributed by atoms with E-state index in [1.165, 1.54) is 24.3 Å². The number of halogens is 3. The van der Waals surface area contributed by atoms with Gasteiger partial charge in [-0.1, -0.05) is 42.5 Å². The molecule has 0 heterocycles. The first-order valence-corrected chi connectivity index (χ1v) is 11.7. The van der Waals surface area contributed by atoms with Crippen LogP contribution in [0.4, 0.5) is 18.9 Å². The summed E-state index contributed by atoms with van der Waals surface area (Å²) in [7, 11) is -3.72. The van der Waals surface area contributed by atoms with E-state index < -0.39 is 27.8 Å². The molecule has 0 radical (unpaired) electrons. The van der Waals surface area contributed by atoms with Crippen molar-refractivity contribution in [3.05, 3.63) is 95.6 Å². The molecule has 0 aliphatic rings. The quantitative estimate of drug-likeness (QED) is 0.462. The second-order valence-electron chi connectivity index (χ2n) is 7.52. The van der Waals surface area contributed by atoms with Gasteiger partial charge in [0.15, 0.2) is 0 Å². The fraction of sp³-hybridized carbons (Fsp3) is 0.208. The molecule has 1 amide bonds. The number of hydrogen-bond donors (Lipinski definition) is 2. The van der Waals surface area contributed by atoms with Gasteiger partial charge < -0.3 is 5.32 Å². The first-order valence-electron chi connectivity index (χ1n) is 10.2. The van der Waals surface area contributed by atoms with Crippen molar-refractivity contribution in [1.82, 2.24) is 4.72 Å². The van der Waals surface area contributed by atoms with Crippen molar-refractivity contribution in [1.29, 1.82) is 0 Å². The van der Waals surface area contributed by atoms with E-state index in [0.29, 0.717) is 6.42 Å². The minimum atomic E-state index is -4.43. The number of hydrogen-bond acceptors (Lipinski definition) is 3. The van der Waals surface area contributed by atoms with E-state index >= 15 is 0 Å². The molecule has 0 saturated heterocycles. The molecule has 0 aliphatic carbocycles. The highest BCUT2D eigenvalue weighted by atomic mass is 32.2. The van der Waals surface area contributed by atoms with Gasteiger partial charge in [0.1, 0.15) is 0 Å². The Labute approximate surface area is 190 Å². The molecule has 2 N–H and O–H groups in total. The SMILES string of the molecule is C[C@H](NS(=O)(=O)c1ccc(CCC(=O)Nc2ccc(C(F)(F)F)cc2)cc1)c1ccccc1. The topological polar surface area (TPSA) is 75.3 Å². The molecule has 3 aromatic rings. The second kappa shape index (κ2) is 10.2. The van der Waals surface area contributed by atoms with Crippen LogP contribution in [0.5, 0.6) is 0 Å². The molecule has 5 nitrogen and oxygen atoms in total. The number of anilines is 1. The molecule has 174 valence electrons. The molecule has 0 aromatic heterocycles. The Hall–Kier alpha value is -3.17. The fourth-order valence-corrected chi connectivity index (χ4v) is 4.40. The third-order valence-electron chi connectivity index (χ3n) is 5.00. The number of nitrogens with one attached hydrogen (secondary N) is 2. The third kappa shape index (κ3) is 6.90. The Morgan fingerprint density at radius 3 is 2.09 bits per heavy atom. The van der Waals surface area contributed by atoms with Gasteiger partial charge in [0, 0.05) is 18.2 Å². The van der Waals surface area contributed by atoms with E-state index in [2.05, 4.69) is 10.0 Å². The van der Waals surface area contributed by atoms with Crippen molar-refractivity contribution < 1.29 is 26.4 Å². The number of amides is 1.